The minimum Gasteiger partial charge on any atom is -0.147 e. The second-order valence-electron chi connectivity index (χ2n) is 21.1. The molecule has 0 N–H and O–H groups in total. The van der Waals surface area contributed by atoms with E-state index in [0.29, 0.717) is 18.1 Å². The van der Waals surface area contributed by atoms with Gasteiger partial charge >= 0.3 is 353 Å². The van der Waals surface area contributed by atoms with Crippen LogP contribution >= 0.6 is 24.8 Å². The first-order valence-electron chi connectivity index (χ1n) is 22.7. The van der Waals surface area contributed by atoms with Crippen LogP contribution in [-0.4, -0.2) is 6.88 Å². The van der Waals surface area contributed by atoms with Crippen LogP contribution in [-0.2, 0) is 17.4 Å². The second kappa shape index (κ2) is 16.6. The zero-order valence-corrected chi connectivity index (χ0v) is 41.9. The predicted octanol–water partition coefficient (Wildman–Crippen LogP) is 16.8. The molecule has 0 radical (unpaired) electrons. The quantitative estimate of drug-likeness (QED) is 0.133. The molecule has 0 nitrogen and oxygen atoms in total. The molecular formula is C56H64Cl2SiZr. The maximum absolute atomic E-state index is 3.96. The topological polar surface area (TPSA) is 0 Å². The van der Waals surface area contributed by atoms with Crippen molar-refractivity contribution in [2.24, 2.45) is 10.8 Å². The number of hydrogen-bond donors (Lipinski definition) is 0. The molecule has 2 fully saturated rings. The van der Waals surface area contributed by atoms with Crippen LogP contribution in [0.3, 0.4) is 0 Å². The Kier molecular flexibility index (Phi) is 12.1. The van der Waals surface area contributed by atoms with Gasteiger partial charge in [0.25, 0.3) is 0 Å². The molecular weight excluding hydrogens is 863 g/mol. The third-order valence-electron chi connectivity index (χ3n) is 15.7. The van der Waals surface area contributed by atoms with E-state index >= 15 is 0 Å². The van der Waals surface area contributed by atoms with E-state index in [4.69, 9.17) is 0 Å². The van der Waals surface area contributed by atoms with Gasteiger partial charge in [0.2, 0.25) is 0 Å². The van der Waals surface area contributed by atoms with Gasteiger partial charge in [0.15, 0.2) is 0 Å². The van der Waals surface area contributed by atoms with Crippen molar-refractivity contribution in [1.82, 2.24) is 0 Å². The molecule has 4 aliphatic carbocycles. The first kappa shape index (κ1) is 43.6. The van der Waals surface area contributed by atoms with E-state index in [1.807, 2.05) is 0 Å². The van der Waals surface area contributed by atoms with Gasteiger partial charge in [-0.05, 0) is 0 Å². The Bertz CT molecular complexity index is 2540. The zero-order valence-electron chi connectivity index (χ0n) is 36.4. The van der Waals surface area contributed by atoms with Crippen molar-refractivity contribution < 1.29 is 17.4 Å². The Labute approximate surface area is 375 Å². The standard InChI is InChI=1S/2C27H27.2CH3.2ClH.H2Si.Zr/c2*1-27(14-5-2-6-15-27)19-20-16-23-10-7-11-25(26(23)17-20)24-13-12-21-8-3-4-9-22(21)18-24;;;;;;/h2*3-4,7-13,16-18H,2,5-6,14-15,19H2,1H3;2*1H3;2*1H;1H2;. The van der Waals surface area contributed by atoms with Gasteiger partial charge in [0.1, 0.15) is 0 Å². The Morgan fingerprint density at radius 1 is 0.483 bits per heavy atom. The molecule has 0 aliphatic heterocycles. The van der Waals surface area contributed by atoms with E-state index < -0.39 is 17.4 Å². The molecule has 2 atom stereocenters. The smallest absolute Gasteiger partial charge is 0.147 e. The monoisotopic (exact) mass is 924 g/mol. The molecule has 6 aromatic carbocycles. The molecule has 4 heteroatoms. The molecule has 6 aromatic rings. The van der Waals surface area contributed by atoms with E-state index in [2.05, 4.69) is 163 Å². The predicted molar refractivity (Wildman–Crippen MR) is 267 cm³/mol. The van der Waals surface area contributed by atoms with E-state index in [1.165, 1.54) is 132 Å². The van der Waals surface area contributed by atoms with Gasteiger partial charge in [-0.1, -0.05) is 0 Å². The fraction of sp³-hybridized carbons (Fsp3) is 0.357. The molecule has 310 valence electrons. The van der Waals surface area contributed by atoms with Gasteiger partial charge in [-0.15, -0.1) is 24.8 Å². The van der Waals surface area contributed by atoms with Gasteiger partial charge < -0.3 is 0 Å². The largest absolute Gasteiger partial charge is 0.147 e. The van der Waals surface area contributed by atoms with Crippen molar-refractivity contribution in [2.75, 3.05) is 0 Å². The third kappa shape index (κ3) is 7.84. The minimum absolute atomic E-state index is 0. The van der Waals surface area contributed by atoms with E-state index in [-0.39, 0.29) is 24.8 Å². The Morgan fingerprint density at radius 3 is 1.27 bits per heavy atom. The summed E-state index contributed by atoms with van der Waals surface area (Å²) in [5.41, 5.74) is 16.1. The summed E-state index contributed by atoms with van der Waals surface area (Å²) in [5.74, 6) is 0. The summed E-state index contributed by atoms with van der Waals surface area (Å²) in [4.78, 5) is 0. The summed E-state index contributed by atoms with van der Waals surface area (Å²) in [5, 5.41) is 5.29. The number of rotatable bonds is 8. The van der Waals surface area contributed by atoms with Gasteiger partial charge in [-0.25, -0.2) is 0 Å². The van der Waals surface area contributed by atoms with E-state index in [9.17, 15) is 0 Å². The van der Waals surface area contributed by atoms with Gasteiger partial charge in [0, 0.05) is 0 Å². The van der Waals surface area contributed by atoms with Gasteiger partial charge in [0.05, 0.1) is 0 Å². The fourth-order valence-electron chi connectivity index (χ4n) is 13.0. The maximum atomic E-state index is 2.90. The summed E-state index contributed by atoms with van der Waals surface area (Å²) in [6, 6.07) is 46.9. The number of allylic oxidation sites excluding steroid dienone is 2. The van der Waals surface area contributed by atoms with Crippen LogP contribution in [0.15, 0.2) is 132 Å². The summed E-state index contributed by atoms with van der Waals surface area (Å²) < 4.78 is 6.82. The van der Waals surface area contributed by atoms with Gasteiger partial charge in [-0.2, -0.15) is 0 Å². The van der Waals surface area contributed by atoms with E-state index in [1.54, 1.807) is 22.3 Å². The molecule has 0 spiro atoms. The molecule has 2 saturated carbocycles. The third-order valence-corrected chi connectivity index (χ3v) is 33.2. The van der Waals surface area contributed by atoms with Crippen molar-refractivity contribution in [1.29, 1.82) is 0 Å². The minimum atomic E-state index is -3.96. The first-order valence-corrected chi connectivity index (χ1v) is 36.4. The maximum Gasteiger partial charge on any atom is -0.147 e. The van der Waals surface area contributed by atoms with Crippen LogP contribution in [0.4, 0.5) is 0 Å². The molecule has 0 heterocycles. The average molecular weight is 927 g/mol. The Morgan fingerprint density at radius 2 is 0.867 bits per heavy atom. The number of hydrogen-bond acceptors (Lipinski definition) is 0. The van der Waals surface area contributed by atoms with Crippen LogP contribution < -0.4 is 0 Å². The molecule has 0 saturated heterocycles. The van der Waals surface area contributed by atoms with Crippen LogP contribution in [0.5, 0.6) is 0 Å². The Balaban J connectivity index is 0.00000249. The average Bonchev–Trinajstić information content (AvgIpc) is 3.79. The zero-order chi connectivity index (χ0) is 39.7. The first-order chi connectivity index (χ1) is 28.0. The summed E-state index contributed by atoms with van der Waals surface area (Å²) in [6.45, 7) is 7.84. The SMILES string of the molecule is CC1(CC2=Cc3c(-c4ccc5ccccc5c4)cccc3[CH]2[Zr]([CH3])([CH3])(=[SiH2])[CH]2C(CC3(C)CCCCC3)=Cc3c(-c4ccc5ccccc5c4)cccc32)CCCCC1.Cl.Cl. The summed E-state index contributed by atoms with van der Waals surface area (Å²) in [6.07, 6.45) is 21.7. The summed E-state index contributed by atoms with van der Waals surface area (Å²) >= 11 is -3.96. The van der Waals surface area contributed by atoms with Crippen molar-refractivity contribution in [2.45, 2.75) is 107 Å². The summed E-state index contributed by atoms with van der Waals surface area (Å²) in [7, 11) is 0. The van der Waals surface area contributed by atoms with Crippen LogP contribution in [0.2, 0.25) is 9.26 Å². The van der Waals surface area contributed by atoms with Crippen molar-refractivity contribution in [3.8, 4) is 22.3 Å². The molecule has 60 heavy (non-hydrogen) atoms. The van der Waals surface area contributed by atoms with Crippen molar-refractivity contribution >= 4 is 65.4 Å². The normalized spacial score (nSPS) is 20.7. The van der Waals surface area contributed by atoms with Crippen LogP contribution in [0.1, 0.15) is 120 Å². The Hall–Kier alpha value is -3.00. The van der Waals surface area contributed by atoms with Crippen LogP contribution in [0, 0.1) is 10.8 Å². The van der Waals surface area contributed by atoms with Crippen molar-refractivity contribution in [3.05, 3.63) is 155 Å². The van der Waals surface area contributed by atoms with E-state index in [0.717, 1.165) is 0 Å². The molecule has 0 amide bonds. The second-order valence-corrected chi connectivity index (χ2v) is 51.6. The molecule has 10 rings (SSSR count). The van der Waals surface area contributed by atoms with Crippen LogP contribution in [0.25, 0.3) is 56.0 Å². The molecule has 0 bridgehead atoms. The van der Waals surface area contributed by atoms with Gasteiger partial charge in [-0.3, -0.25) is 0 Å². The van der Waals surface area contributed by atoms with Crippen molar-refractivity contribution in [3.63, 3.8) is 0 Å². The molecule has 0 aromatic heterocycles. The fourth-order valence-corrected chi connectivity index (χ4v) is 32.7. The number of benzene rings is 6. The molecule has 4 aliphatic rings. The molecule has 2 unspecified atom stereocenters. The number of fused-ring (bicyclic) bond motifs is 4. The number of halogens is 2.